The maximum absolute atomic E-state index is 14.3. The standard InChI is InChI=1S/C104H110N4O16S14/c1-5-9-13-17-21-25-29-33-37-49-121-95(109)63-55-67-81(68-56-64(96(110)122-50-38-34-30-26-22-18-14-10-6-2)60-72(106(115)116)84(68)83(67)71(59-63)105(113)114)99-135-101-103(137-99)133-93-89(129-87(91(93)131-101)77-43-41-53-125-77)79-47-45-75(127-79)76-46-48-80(128-76)90-94-92(88(130-90)78-44-42-54-126-78)132-102-104(134-94)138-100(136-102)82-69-57-65(97(111)123-51-39-35-31-27-23-19-15-11-7-3)61-73(107(117)118)85(69)86-70(82)58-66(62-74(86)108(119)120)98(112)124-52-40-36-32-28-24-20-16-12-8-4/h41-48,53-62H,5-40,49-52H2,1-4H3. The fourth-order valence-electron chi connectivity index (χ4n) is 18.0. The molecule has 34 heteroatoms. The van der Waals surface area contributed by atoms with E-state index >= 15 is 0 Å². The molecule has 4 aliphatic heterocycles. The summed E-state index contributed by atoms with van der Waals surface area (Å²) >= 11 is 22.6. The smallest absolute Gasteiger partial charge is 0.338 e. The first kappa shape index (κ1) is 103. The van der Waals surface area contributed by atoms with Gasteiger partial charge in [-0.2, -0.15) is 0 Å². The van der Waals surface area contributed by atoms with Gasteiger partial charge in [0.05, 0.1) is 136 Å². The number of fused-ring (bicyclic) bond motifs is 8. The summed E-state index contributed by atoms with van der Waals surface area (Å²) in [6.07, 6.45) is 38.0. The van der Waals surface area contributed by atoms with Crippen LogP contribution < -0.4 is 0 Å². The molecule has 0 radical (unpaired) electrons. The van der Waals surface area contributed by atoms with E-state index in [9.17, 15) is 59.6 Å². The first-order chi connectivity index (χ1) is 67.3. The van der Waals surface area contributed by atoms with Gasteiger partial charge >= 0.3 is 23.9 Å². The number of hydrogen-bond donors (Lipinski definition) is 0. The zero-order chi connectivity index (χ0) is 96.3. The number of rotatable bonds is 53. The number of thioether (sulfide) groups is 8. The molecule has 2 aliphatic carbocycles. The second-order valence-corrected chi connectivity index (χ2v) is 50.8. The predicted molar refractivity (Wildman–Crippen MR) is 581 cm³/mol. The molecule has 0 N–H and O–H groups in total. The highest BCUT2D eigenvalue weighted by Crippen LogP contribution is 2.74. The minimum Gasteiger partial charge on any atom is -0.462 e. The van der Waals surface area contributed by atoms with Crippen molar-refractivity contribution >= 4 is 220 Å². The van der Waals surface area contributed by atoms with Gasteiger partial charge in [-0.3, -0.25) is 40.5 Å². The van der Waals surface area contributed by atoms with Crippen molar-refractivity contribution in [3.8, 4) is 71.0 Å². The third-order valence-corrected chi connectivity index (χ3v) is 44.1. The van der Waals surface area contributed by atoms with Gasteiger partial charge in [0.15, 0.2) is 0 Å². The number of nitrogens with zero attached hydrogens (tertiary/aromatic N) is 4. The van der Waals surface area contributed by atoms with Crippen molar-refractivity contribution in [1.29, 1.82) is 0 Å². The summed E-state index contributed by atoms with van der Waals surface area (Å²) in [5.74, 6) is -2.98. The second kappa shape index (κ2) is 50.0. The lowest BCUT2D eigenvalue weighted by Gasteiger charge is -2.14. The molecule has 10 aromatic rings. The number of benzene rings is 4. The topological polar surface area (TPSA) is 278 Å². The average molecular weight is 2120 g/mol. The Morgan fingerprint density at radius 3 is 0.710 bits per heavy atom. The molecule has 0 spiro atoms. The van der Waals surface area contributed by atoms with E-state index in [1.165, 1.54) is 150 Å². The predicted octanol–water partition coefficient (Wildman–Crippen LogP) is 37.2. The third kappa shape index (κ3) is 24.3. The summed E-state index contributed by atoms with van der Waals surface area (Å²) in [6, 6.07) is 28.0. The fourth-order valence-corrected chi connectivity index (χ4v) is 37.8. The Morgan fingerprint density at radius 2 is 0.486 bits per heavy atom. The molecule has 0 bridgehead atoms. The Bertz CT molecular complexity index is 5740. The molecule has 138 heavy (non-hydrogen) atoms. The summed E-state index contributed by atoms with van der Waals surface area (Å²) in [4.78, 5) is 124. The molecule has 726 valence electrons. The van der Waals surface area contributed by atoms with E-state index in [0.29, 0.717) is 45.3 Å². The SMILES string of the molecule is CCCCCCCCCCCOC(=O)c1cc2c(c([N+](=O)[O-])c1)-c1c(cc(C(=O)OCCCCCCCCCCC)cc1[N+](=O)[O-])C2=C1SC2=C(S1)Sc1c(-c3ccc(-c4ccc(-c5sc(-c6cccs6)c6c5SC5=C(SC(=C7c8cc(C(=O)OCCCCCCCCCCC)cc([N+](=O)[O-])c8-c8c7cc(C(=O)OCCCCCCCCCCC)cc8[N+](=O)[O-])S5)S6)s4)s3)sc(-c3cccs3)c1S2. The molecule has 6 aliphatic rings. The van der Waals surface area contributed by atoms with E-state index < -0.39 is 66.3 Å². The van der Waals surface area contributed by atoms with Crippen LogP contribution >= 0.6 is 162 Å². The Hall–Kier alpha value is -7.68. The highest BCUT2D eigenvalue weighted by atomic mass is 32.3. The molecular weight excluding hydrogens is 2010 g/mol. The monoisotopic (exact) mass is 2120 g/mol. The summed E-state index contributed by atoms with van der Waals surface area (Å²) in [6.45, 7) is 9.25. The van der Waals surface area contributed by atoms with Crippen LogP contribution in [0.25, 0.3) is 82.2 Å². The molecule has 16 rings (SSSR count). The summed E-state index contributed by atoms with van der Waals surface area (Å²) < 4.78 is 28.6. The van der Waals surface area contributed by atoms with Crippen LogP contribution in [-0.2, 0) is 18.9 Å². The molecule has 0 saturated carbocycles. The van der Waals surface area contributed by atoms with E-state index in [2.05, 4.69) is 74.9 Å². The van der Waals surface area contributed by atoms with Crippen LogP contribution in [0.5, 0.6) is 0 Å². The Balaban J connectivity index is 0.687. The van der Waals surface area contributed by atoms with Gasteiger partial charge in [-0.05, 0) is 119 Å². The maximum atomic E-state index is 14.3. The minimum atomic E-state index is -0.745. The number of nitro benzene ring substituents is 4. The Kier molecular flexibility index (Phi) is 37.4. The van der Waals surface area contributed by atoms with Gasteiger partial charge in [-0.25, -0.2) is 19.2 Å². The van der Waals surface area contributed by atoms with Gasteiger partial charge in [0.2, 0.25) is 0 Å². The van der Waals surface area contributed by atoms with Crippen molar-refractivity contribution < 1.29 is 57.8 Å². The first-order valence-corrected chi connectivity index (χ1v) is 59.9. The van der Waals surface area contributed by atoms with E-state index in [0.717, 1.165) is 212 Å². The molecule has 20 nitrogen and oxygen atoms in total. The normalized spacial score (nSPS) is 13.8. The molecule has 0 unspecified atom stereocenters. The lowest BCUT2D eigenvalue weighted by molar-refractivity contribution is -0.386. The summed E-state index contributed by atoms with van der Waals surface area (Å²) in [5, 5.41) is 58.4. The molecule has 0 saturated heterocycles. The number of unbranched alkanes of at least 4 members (excludes halogenated alkanes) is 32. The number of nitro groups is 4. The van der Waals surface area contributed by atoms with Crippen molar-refractivity contribution in [3.63, 3.8) is 0 Å². The second-order valence-electron chi connectivity index (χ2n) is 35.0. The number of ether oxygens (including phenoxy) is 4. The van der Waals surface area contributed by atoms with Gasteiger partial charge in [-0.1, -0.05) is 339 Å². The minimum absolute atomic E-state index is 0.0151. The van der Waals surface area contributed by atoms with E-state index in [1.807, 2.05) is 12.1 Å². The van der Waals surface area contributed by atoms with Crippen LogP contribution in [0.2, 0.25) is 0 Å². The Morgan fingerprint density at radius 1 is 0.261 bits per heavy atom. The quantitative estimate of drug-likeness (QED) is 0.0113. The summed E-state index contributed by atoms with van der Waals surface area (Å²) in [7, 11) is 0. The number of hydrogen-bond acceptors (Lipinski definition) is 30. The molecule has 0 fully saturated rings. The van der Waals surface area contributed by atoms with Crippen LogP contribution in [-0.4, -0.2) is 70.0 Å². The number of carbonyl (C=O) groups is 4. The number of esters is 4. The van der Waals surface area contributed by atoms with Crippen LogP contribution in [0.3, 0.4) is 0 Å². The zero-order valence-corrected chi connectivity index (χ0v) is 89.1. The van der Waals surface area contributed by atoms with Gasteiger partial charge < -0.3 is 18.9 Å². The molecule has 4 aromatic carbocycles. The lowest BCUT2D eigenvalue weighted by Crippen LogP contribution is -2.08. The maximum Gasteiger partial charge on any atom is 0.338 e. The van der Waals surface area contributed by atoms with Crippen molar-refractivity contribution in [3.05, 3.63) is 218 Å². The molecular formula is C104H110N4O16S14. The van der Waals surface area contributed by atoms with Crippen molar-refractivity contribution in [2.45, 2.75) is 278 Å². The van der Waals surface area contributed by atoms with Crippen molar-refractivity contribution in [2.24, 2.45) is 0 Å². The molecule has 6 aromatic heterocycles. The highest BCUT2D eigenvalue weighted by molar-refractivity contribution is 8.42. The lowest BCUT2D eigenvalue weighted by atomic mass is 9.98. The summed E-state index contributed by atoms with van der Waals surface area (Å²) in [5.41, 5.74) is -0.414. The number of thiophene rings is 6. The highest BCUT2D eigenvalue weighted by Gasteiger charge is 2.47. The van der Waals surface area contributed by atoms with Crippen LogP contribution in [0.1, 0.15) is 323 Å². The van der Waals surface area contributed by atoms with Crippen LogP contribution in [0, 0.1) is 40.5 Å². The largest absolute Gasteiger partial charge is 0.462 e. The van der Waals surface area contributed by atoms with E-state index in [1.54, 1.807) is 139 Å². The van der Waals surface area contributed by atoms with Gasteiger partial charge in [-0.15, -0.1) is 68.0 Å². The number of carbonyl (C=O) groups excluding carboxylic acids is 4. The zero-order valence-electron chi connectivity index (χ0n) is 77.7. The molecule has 10 heterocycles. The van der Waals surface area contributed by atoms with Crippen LogP contribution in [0.15, 0.2) is 153 Å². The van der Waals surface area contributed by atoms with Crippen molar-refractivity contribution in [1.82, 2.24) is 0 Å². The van der Waals surface area contributed by atoms with Gasteiger partial charge in [0.25, 0.3) is 22.7 Å². The van der Waals surface area contributed by atoms with Gasteiger partial charge in [0, 0.05) is 84.3 Å². The van der Waals surface area contributed by atoms with Crippen molar-refractivity contribution in [2.75, 3.05) is 26.4 Å². The van der Waals surface area contributed by atoms with Crippen LogP contribution in [0.4, 0.5) is 22.7 Å². The average Bonchev–Trinajstić information content (AvgIpc) is 1.55. The Labute approximate surface area is 863 Å². The fraction of sp³-hybridized carbons (Fsp3) is 0.423. The molecule has 0 amide bonds. The van der Waals surface area contributed by atoms with Gasteiger partial charge in [0.1, 0.15) is 0 Å². The first-order valence-electron chi connectivity index (χ1n) is 48.4. The van der Waals surface area contributed by atoms with E-state index in [4.69, 9.17) is 18.9 Å². The third-order valence-electron chi connectivity index (χ3n) is 25.0. The molecule has 0 atom stereocenters. The van der Waals surface area contributed by atoms with E-state index in [-0.39, 0.29) is 93.2 Å².